The average Bonchev–Trinajstić information content (AvgIpc) is 3.16. The number of carbonyl (C=O) groups excluding carboxylic acids is 1. The topological polar surface area (TPSA) is 51.3 Å². The van der Waals surface area contributed by atoms with E-state index in [-0.39, 0.29) is 11.7 Å². The summed E-state index contributed by atoms with van der Waals surface area (Å²) in [7, 11) is 1.33. The van der Waals surface area contributed by atoms with Gasteiger partial charge in [-0.15, -0.1) is 0 Å². The second kappa shape index (κ2) is 5.19. The molecule has 1 fully saturated rings. The number of carbonyl (C=O) groups is 1. The largest absolute Gasteiger partial charge is 0.467 e. The summed E-state index contributed by atoms with van der Waals surface area (Å²) in [6.07, 6.45) is -1.55. The van der Waals surface area contributed by atoms with Crippen molar-refractivity contribution >= 4 is 5.91 Å². The summed E-state index contributed by atoms with van der Waals surface area (Å²) >= 11 is 0. The molecular formula is C14H14F3N3O2. The summed E-state index contributed by atoms with van der Waals surface area (Å²) in [5, 5.41) is 3.38. The van der Waals surface area contributed by atoms with E-state index < -0.39 is 17.8 Å². The number of nitrogens with zero attached hydrogens (tertiary/aromatic N) is 3. The molecule has 3 heterocycles. The Morgan fingerprint density at radius 3 is 2.82 bits per heavy atom. The molecule has 0 unspecified atom stereocenters. The number of halogens is 3. The molecule has 0 N–H and O–H groups in total. The molecule has 3 rings (SSSR count). The first-order chi connectivity index (χ1) is 10.4. The predicted octanol–water partition coefficient (Wildman–Crippen LogP) is 3.01. The van der Waals surface area contributed by atoms with Crippen LogP contribution in [0.2, 0.25) is 0 Å². The van der Waals surface area contributed by atoms with Gasteiger partial charge in [-0.1, -0.05) is 0 Å². The van der Waals surface area contributed by atoms with Crippen molar-refractivity contribution < 1.29 is 22.4 Å². The molecule has 1 aliphatic heterocycles. The van der Waals surface area contributed by atoms with Gasteiger partial charge in [0.15, 0.2) is 5.69 Å². The van der Waals surface area contributed by atoms with E-state index in [9.17, 15) is 18.0 Å². The van der Waals surface area contributed by atoms with Crippen molar-refractivity contribution in [3.63, 3.8) is 0 Å². The van der Waals surface area contributed by atoms with Crippen LogP contribution in [0.25, 0.3) is 0 Å². The van der Waals surface area contributed by atoms with Crippen LogP contribution in [-0.2, 0) is 13.2 Å². The normalized spacial score (nSPS) is 18.9. The van der Waals surface area contributed by atoms with E-state index in [0.717, 1.165) is 23.6 Å². The van der Waals surface area contributed by atoms with Crippen LogP contribution < -0.4 is 0 Å². The fraction of sp³-hybridized carbons (Fsp3) is 0.429. The fourth-order valence-electron chi connectivity index (χ4n) is 2.74. The Morgan fingerprint density at radius 2 is 2.23 bits per heavy atom. The van der Waals surface area contributed by atoms with E-state index in [2.05, 4.69) is 5.10 Å². The Balaban J connectivity index is 1.89. The molecule has 1 atom stereocenters. The van der Waals surface area contributed by atoms with Gasteiger partial charge in [-0.2, -0.15) is 18.3 Å². The number of aryl methyl sites for hydroxylation is 1. The van der Waals surface area contributed by atoms with Crippen molar-refractivity contribution in [2.24, 2.45) is 7.05 Å². The Morgan fingerprint density at radius 1 is 1.45 bits per heavy atom. The van der Waals surface area contributed by atoms with Crippen LogP contribution in [0.3, 0.4) is 0 Å². The molecule has 0 bridgehead atoms. The Labute approximate surface area is 124 Å². The van der Waals surface area contributed by atoms with Gasteiger partial charge < -0.3 is 9.32 Å². The maximum absolute atomic E-state index is 12.7. The first-order valence-electron chi connectivity index (χ1n) is 6.83. The Hall–Kier alpha value is -2.25. The lowest BCUT2D eigenvalue weighted by Crippen LogP contribution is -2.31. The highest BCUT2D eigenvalue weighted by molar-refractivity contribution is 5.93. The van der Waals surface area contributed by atoms with Gasteiger partial charge in [0.2, 0.25) is 0 Å². The van der Waals surface area contributed by atoms with E-state index in [1.165, 1.54) is 18.2 Å². The van der Waals surface area contributed by atoms with Crippen molar-refractivity contribution in [2.75, 3.05) is 6.54 Å². The maximum atomic E-state index is 12.7. The maximum Gasteiger partial charge on any atom is 0.435 e. The van der Waals surface area contributed by atoms with Crippen molar-refractivity contribution in [3.8, 4) is 0 Å². The van der Waals surface area contributed by atoms with Gasteiger partial charge in [0.25, 0.3) is 5.91 Å². The molecule has 8 heteroatoms. The smallest absolute Gasteiger partial charge is 0.435 e. The molecule has 1 amide bonds. The third kappa shape index (κ3) is 2.49. The summed E-state index contributed by atoms with van der Waals surface area (Å²) in [5.74, 6) is 0.175. The molecular weight excluding hydrogens is 299 g/mol. The molecule has 0 spiro atoms. The molecule has 5 nitrogen and oxygen atoms in total. The summed E-state index contributed by atoms with van der Waals surface area (Å²) in [4.78, 5) is 14.1. The summed E-state index contributed by atoms with van der Waals surface area (Å²) < 4.78 is 44.4. The molecule has 1 aliphatic rings. The van der Waals surface area contributed by atoms with Crippen LogP contribution in [-0.4, -0.2) is 27.1 Å². The van der Waals surface area contributed by atoms with E-state index >= 15 is 0 Å². The number of likely N-dealkylation sites (tertiary alicyclic amines) is 1. The van der Waals surface area contributed by atoms with E-state index in [1.807, 2.05) is 0 Å². The van der Waals surface area contributed by atoms with E-state index in [1.54, 1.807) is 12.1 Å². The predicted molar refractivity (Wildman–Crippen MR) is 69.9 cm³/mol. The van der Waals surface area contributed by atoms with Crippen molar-refractivity contribution in [2.45, 2.75) is 25.1 Å². The van der Waals surface area contributed by atoms with Crippen LogP contribution >= 0.6 is 0 Å². The van der Waals surface area contributed by atoms with Gasteiger partial charge in [-0.25, -0.2) is 0 Å². The number of hydrogen-bond acceptors (Lipinski definition) is 3. The zero-order valence-corrected chi connectivity index (χ0v) is 11.8. The minimum Gasteiger partial charge on any atom is -0.467 e. The van der Waals surface area contributed by atoms with Gasteiger partial charge in [-0.3, -0.25) is 9.48 Å². The van der Waals surface area contributed by atoms with Gasteiger partial charge >= 0.3 is 6.18 Å². The summed E-state index contributed by atoms with van der Waals surface area (Å²) in [6.45, 7) is 0.483. The standard InChI is InChI=1S/C14H14F3N3O2/c1-19-10(8-12(18-19)14(15,16)17)13(21)20-6-2-4-9(20)11-5-3-7-22-11/h3,5,7-9H,2,4,6H2,1H3/t9-/m1/s1. The van der Waals surface area contributed by atoms with Crippen LogP contribution in [0.1, 0.15) is 40.8 Å². The zero-order valence-electron chi connectivity index (χ0n) is 11.8. The molecule has 2 aromatic heterocycles. The van der Waals surface area contributed by atoms with Crippen LogP contribution in [0, 0.1) is 0 Å². The van der Waals surface area contributed by atoms with Crippen molar-refractivity contribution in [3.05, 3.63) is 41.6 Å². The lowest BCUT2D eigenvalue weighted by molar-refractivity contribution is -0.141. The minimum atomic E-state index is -4.57. The van der Waals surface area contributed by atoms with Gasteiger partial charge in [0.05, 0.1) is 12.3 Å². The molecule has 0 aliphatic carbocycles. The summed E-state index contributed by atoms with van der Waals surface area (Å²) in [6, 6.07) is 4.04. The monoisotopic (exact) mass is 313 g/mol. The van der Waals surface area contributed by atoms with Crippen LogP contribution in [0.15, 0.2) is 28.9 Å². The fourth-order valence-corrected chi connectivity index (χ4v) is 2.74. The lowest BCUT2D eigenvalue weighted by atomic mass is 10.1. The number of aromatic nitrogens is 2. The third-order valence-electron chi connectivity index (χ3n) is 3.77. The molecule has 0 radical (unpaired) electrons. The third-order valence-corrected chi connectivity index (χ3v) is 3.77. The zero-order chi connectivity index (χ0) is 15.9. The minimum absolute atomic E-state index is 0.0780. The number of alkyl halides is 3. The van der Waals surface area contributed by atoms with Gasteiger partial charge in [-0.05, 0) is 25.0 Å². The number of rotatable bonds is 2. The number of furan rings is 1. The van der Waals surface area contributed by atoms with Gasteiger partial charge in [0, 0.05) is 19.7 Å². The first-order valence-corrected chi connectivity index (χ1v) is 6.83. The van der Waals surface area contributed by atoms with Crippen molar-refractivity contribution in [1.82, 2.24) is 14.7 Å². The Bertz CT molecular complexity index is 676. The molecule has 1 saturated heterocycles. The number of amides is 1. The average molecular weight is 313 g/mol. The van der Waals surface area contributed by atoms with Crippen molar-refractivity contribution in [1.29, 1.82) is 0 Å². The lowest BCUT2D eigenvalue weighted by Gasteiger charge is -2.22. The molecule has 2 aromatic rings. The highest BCUT2D eigenvalue weighted by Gasteiger charge is 2.38. The van der Waals surface area contributed by atoms with Crippen LogP contribution in [0.4, 0.5) is 13.2 Å². The highest BCUT2D eigenvalue weighted by Crippen LogP contribution is 2.34. The second-order valence-corrected chi connectivity index (χ2v) is 5.21. The highest BCUT2D eigenvalue weighted by atomic mass is 19.4. The van der Waals surface area contributed by atoms with Crippen LogP contribution in [0.5, 0.6) is 0 Å². The van der Waals surface area contributed by atoms with E-state index in [0.29, 0.717) is 12.3 Å². The quantitative estimate of drug-likeness (QED) is 0.856. The van der Waals surface area contributed by atoms with E-state index in [4.69, 9.17) is 4.42 Å². The molecule has 22 heavy (non-hydrogen) atoms. The first kappa shape index (κ1) is 14.7. The molecule has 118 valence electrons. The Kier molecular flexibility index (Phi) is 3.46. The molecule has 0 saturated carbocycles. The molecule has 0 aromatic carbocycles. The second-order valence-electron chi connectivity index (χ2n) is 5.21. The summed E-state index contributed by atoms with van der Waals surface area (Å²) in [5.41, 5.74) is -1.14. The van der Waals surface area contributed by atoms with Gasteiger partial charge in [0.1, 0.15) is 11.5 Å². The SMILES string of the molecule is Cn1nc(C(F)(F)F)cc1C(=O)N1CCC[C@@H]1c1ccco1. The number of hydrogen-bond donors (Lipinski definition) is 0.